The summed E-state index contributed by atoms with van der Waals surface area (Å²) in [7, 11) is 0. The minimum absolute atomic E-state index is 0.0380. The molecule has 1 aromatic carbocycles. The monoisotopic (exact) mass is 333 g/mol. The van der Waals surface area contributed by atoms with Crippen molar-refractivity contribution >= 4 is 11.8 Å². The van der Waals surface area contributed by atoms with Gasteiger partial charge in [0.1, 0.15) is 5.75 Å². The Kier molecular flexibility index (Phi) is 6.61. The van der Waals surface area contributed by atoms with Crippen LogP contribution in [0.2, 0.25) is 0 Å². The Morgan fingerprint density at radius 1 is 1.42 bits per heavy atom. The SMILES string of the molecule is CCOc1ccccc1[C@@H](CC(=O)N1CC[C@H](CN)C1)NC(C)=O. The van der Waals surface area contributed by atoms with Crippen molar-refractivity contribution in [2.24, 2.45) is 11.7 Å². The molecule has 6 heteroatoms. The first-order valence-electron chi connectivity index (χ1n) is 8.51. The highest BCUT2D eigenvalue weighted by Crippen LogP contribution is 2.28. The van der Waals surface area contributed by atoms with Crippen molar-refractivity contribution in [1.82, 2.24) is 10.2 Å². The Bertz CT molecular complexity index is 576. The fourth-order valence-corrected chi connectivity index (χ4v) is 3.09. The summed E-state index contributed by atoms with van der Waals surface area (Å²) in [6.07, 6.45) is 1.17. The van der Waals surface area contributed by atoms with Gasteiger partial charge in [0.15, 0.2) is 0 Å². The van der Waals surface area contributed by atoms with Gasteiger partial charge in [-0.3, -0.25) is 9.59 Å². The van der Waals surface area contributed by atoms with Gasteiger partial charge in [-0.2, -0.15) is 0 Å². The molecule has 1 saturated heterocycles. The molecule has 0 unspecified atom stereocenters. The van der Waals surface area contributed by atoms with Crippen LogP contribution in [0.1, 0.15) is 38.3 Å². The predicted molar refractivity (Wildman–Crippen MR) is 92.5 cm³/mol. The molecule has 132 valence electrons. The quantitative estimate of drug-likeness (QED) is 0.791. The summed E-state index contributed by atoms with van der Waals surface area (Å²) in [4.78, 5) is 26.1. The number of likely N-dealkylation sites (tertiary alicyclic amines) is 1. The zero-order chi connectivity index (χ0) is 17.5. The van der Waals surface area contributed by atoms with Gasteiger partial charge in [0.25, 0.3) is 0 Å². The van der Waals surface area contributed by atoms with E-state index in [1.165, 1.54) is 6.92 Å². The predicted octanol–water partition coefficient (Wildman–Crippen LogP) is 1.46. The van der Waals surface area contributed by atoms with Gasteiger partial charge in [-0.1, -0.05) is 18.2 Å². The lowest BCUT2D eigenvalue weighted by molar-refractivity contribution is -0.131. The number of hydrogen-bond donors (Lipinski definition) is 2. The minimum Gasteiger partial charge on any atom is -0.494 e. The molecule has 0 spiro atoms. The minimum atomic E-state index is -0.394. The number of nitrogens with two attached hydrogens (primary N) is 1. The van der Waals surface area contributed by atoms with E-state index in [4.69, 9.17) is 10.5 Å². The maximum absolute atomic E-state index is 12.6. The number of hydrogen-bond acceptors (Lipinski definition) is 4. The standard InChI is InChI=1S/C18H27N3O3/c1-3-24-17-7-5-4-6-15(17)16(20-13(2)22)10-18(23)21-9-8-14(11-19)12-21/h4-7,14,16H,3,8-12,19H2,1-2H3,(H,20,22)/t14-,16-/m1/s1. The first-order chi connectivity index (χ1) is 11.5. The normalized spacial score (nSPS) is 18.3. The van der Waals surface area contributed by atoms with E-state index in [1.807, 2.05) is 36.1 Å². The van der Waals surface area contributed by atoms with E-state index in [-0.39, 0.29) is 18.2 Å². The zero-order valence-electron chi connectivity index (χ0n) is 14.5. The zero-order valence-corrected chi connectivity index (χ0v) is 14.5. The Hall–Kier alpha value is -2.08. The molecule has 2 rings (SSSR count). The second kappa shape index (κ2) is 8.68. The van der Waals surface area contributed by atoms with Crippen LogP contribution in [0, 0.1) is 5.92 Å². The summed E-state index contributed by atoms with van der Waals surface area (Å²) >= 11 is 0. The van der Waals surface area contributed by atoms with Gasteiger partial charge in [0.05, 0.1) is 19.1 Å². The second-order valence-corrected chi connectivity index (χ2v) is 6.16. The van der Waals surface area contributed by atoms with Crippen LogP contribution in [0.25, 0.3) is 0 Å². The van der Waals surface area contributed by atoms with Crippen LogP contribution in [-0.4, -0.2) is 43.0 Å². The summed E-state index contributed by atoms with van der Waals surface area (Å²) in [5.74, 6) is 0.952. The van der Waals surface area contributed by atoms with Crippen LogP contribution in [-0.2, 0) is 9.59 Å². The second-order valence-electron chi connectivity index (χ2n) is 6.16. The fourth-order valence-electron chi connectivity index (χ4n) is 3.09. The smallest absolute Gasteiger partial charge is 0.225 e. The molecule has 0 radical (unpaired) electrons. The van der Waals surface area contributed by atoms with Crippen molar-refractivity contribution in [2.75, 3.05) is 26.2 Å². The lowest BCUT2D eigenvalue weighted by atomic mass is 10.0. The maximum Gasteiger partial charge on any atom is 0.225 e. The number of benzene rings is 1. The van der Waals surface area contributed by atoms with Crippen LogP contribution in [0.3, 0.4) is 0 Å². The summed E-state index contributed by atoms with van der Waals surface area (Å²) < 4.78 is 5.65. The van der Waals surface area contributed by atoms with Gasteiger partial charge in [-0.15, -0.1) is 0 Å². The number of carbonyl (C=O) groups is 2. The van der Waals surface area contributed by atoms with Crippen molar-refractivity contribution in [3.63, 3.8) is 0 Å². The molecule has 6 nitrogen and oxygen atoms in total. The van der Waals surface area contributed by atoms with Gasteiger partial charge in [0.2, 0.25) is 11.8 Å². The largest absolute Gasteiger partial charge is 0.494 e. The third-order valence-electron chi connectivity index (χ3n) is 4.32. The van der Waals surface area contributed by atoms with Crippen LogP contribution >= 0.6 is 0 Å². The molecule has 0 aliphatic carbocycles. The van der Waals surface area contributed by atoms with Crippen molar-refractivity contribution < 1.29 is 14.3 Å². The summed E-state index contributed by atoms with van der Waals surface area (Å²) in [6, 6.07) is 7.13. The van der Waals surface area contributed by atoms with E-state index in [1.54, 1.807) is 0 Å². The molecule has 2 atom stereocenters. The molecule has 0 aromatic heterocycles. The summed E-state index contributed by atoms with van der Waals surface area (Å²) in [5, 5.41) is 2.88. The first kappa shape index (κ1) is 18.3. The van der Waals surface area contributed by atoms with E-state index >= 15 is 0 Å². The molecule has 3 N–H and O–H groups in total. The molecule has 1 aliphatic heterocycles. The number of ether oxygens (including phenoxy) is 1. The number of amides is 2. The molecule has 1 aliphatic rings. The van der Waals surface area contributed by atoms with E-state index in [2.05, 4.69) is 5.32 Å². The van der Waals surface area contributed by atoms with E-state index in [9.17, 15) is 9.59 Å². The molecule has 1 aromatic rings. The average Bonchev–Trinajstić information content (AvgIpc) is 3.04. The van der Waals surface area contributed by atoms with Crippen molar-refractivity contribution in [3.05, 3.63) is 29.8 Å². The third-order valence-corrected chi connectivity index (χ3v) is 4.32. The highest BCUT2D eigenvalue weighted by Gasteiger charge is 2.28. The highest BCUT2D eigenvalue weighted by atomic mass is 16.5. The highest BCUT2D eigenvalue weighted by molar-refractivity contribution is 5.79. The number of rotatable bonds is 7. The molecule has 0 saturated carbocycles. The average molecular weight is 333 g/mol. The van der Waals surface area contributed by atoms with Crippen LogP contribution in [0.4, 0.5) is 0 Å². The number of nitrogens with one attached hydrogen (secondary N) is 1. The lowest BCUT2D eigenvalue weighted by Gasteiger charge is -2.24. The van der Waals surface area contributed by atoms with Gasteiger partial charge < -0.3 is 20.7 Å². The Morgan fingerprint density at radius 3 is 2.79 bits per heavy atom. The molecule has 2 amide bonds. The topological polar surface area (TPSA) is 84.7 Å². The Morgan fingerprint density at radius 2 is 2.17 bits per heavy atom. The van der Waals surface area contributed by atoms with Crippen LogP contribution in [0.5, 0.6) is 5.75 Å². The summed E-state index contributed by atoms with van der Waals surface area (Å²) in [5.41, 5.74) is 6.53. The number of para-hydroxylation sites is 1. The third kappa shape index (κ3) is 4.71. The number of nitrogens with zero attached hydrogens (tertiary/aromatic N) is 1. The summed E-state index contributed by atoms with van der Waals surface area (Å²) in [6.45, 7) is 5.94. The molecule has 1 fully saturated rings. The van der Waals surface area contributed by atoms with Crippen molar-refractivity contribution in [3.8, 4) is 5.75 Å². The Labute approximate surface area is 143 Å². The van der Waals surface area contributed by atoms with Crippen molar-refractivity contribution in [2.45, 2.75) is 32.7 Å². The van der Waals surface area contributed by atoms with Gasteiger partial charge in [-0.25, -0.2) is 0 Å². The maximum atomic E-state index is 12.6. The van der Waals surface area contributed by atoms with Gasteiger partial charge in [0, 0.05) is 25.6 Å². The fraction of sp³-hybridized carbons (Fsp3) is 0.556. The van der Waals surface area contributed by atoms with Crippen LogP contribution < -0.4 is 15.8 Å². The molecule has 0 bridgehead atoms. The van der Waals surface area contributed by atoms with E-state index in [0.717, 1.165) is 18.5 Å². The first-order valence-corrected chi connectivity index (χ1v) is 8.51. The Balaban J connectivity index is 2.14. The van der Waals surface area contributed by atoms with Gasteiger partial charge in [-0.05, 0) is 31.9 Å². The van der Waals surface area contributed by atoms with E-state index < -0.39 is 6.04 Å². The van der Waals surface area contributed by atoms with Crippen LogP contribution in [0.15, 0.2) is 24.3 Å². The van der Waals surface area contributed by atoms with E-state index in [0.29, 0.717) is 31.4 Å². The lowest BCUT2D eigenvalue weighted by Crippen LogP contribution is -2.35. The van der Waals surface area contributed by atoms with Crippen molar-refractivity contribution in [1.29, 1.82) is 0 Å². The number of carbonyl (C=O) groups excluding carboxylic acids is 2. The molecule has 24 heavy (non-hydrogen) atoms. The molecular formula is C18H27N3O3. The molecular weight excluding hydrogens is 306 g/mol. The molecule has 1 heterocycles. The van der Waals surface area contributed by atoms with Gasteiger partial charge >= 0.3 is 0 Å².